The van der Waals surface area contributed by atoms with Crippen molar-refractivity contribution in [3.63, 3.8) is 0 Å². The van der Waals surface area contributed by atoms with E-state index in [0.717, 1.165) is 11.4 Å². The molecule has 30 heavy (non-hydrogen) atoms. The van der Waals surface area contributed by atoms with Crippen molar-refractivity contribution in [2.45, 2.75) is 26.1 Å². The second-order valence-corrected chi connectivity index (χ2v) is 9.65. The zero-order valence-corrected chi connectivity index (χ0v) is 18.4. The van der Waals surface area contributed by atoms with Crippen LogP contribution in [0, 0.1) is 0 Å². The van der Waals surface area contributed by atoms with Gasteiger partial charge in [0, 0.05) is 32.4 Å². The third-order valence-corrected chi connectivity index (χ3v) is 6.88. The van der Waals surface area contributed by atoms with Crippen LogP contribution in [0.2, 0.25) is 0 Å². The van der Waals surface area contributed by atoms with Gasteiger partial charge < -0.3 is 15.0 Å². The normalized spacial score (nSPS) is 20.0. The quantitative estimate of drug-likeness (QED) is 0.729. The first-order chi connectivity index (χ1) is 14.3. The third-order valence-electron chi connectivity index (χ3n) is 5.08. The van der Waals surface area contributed by atoms with Crippen LogP contribution in [0.15, 0.2) is 54.6 Å². The maximum atomic E-state index is 12.8. The Morgan fingerprint density at radius 3 is 2.33 bits per heavy atom. The Kier molecular flexibility index (Phi) is 7.12. The summed E-state index contributed by atoms with van der Waals surface area (Å²) in [4.78, 5) is 14.7. The number of para-hydroxylation sites is 2. The van der Waals surface area contributed by atoms with Gasteiger partial charge in [0.05, 0.1) is 29.2 Å². The lowest BCUT2D eigenvalue weighted by atomic mass is 10.1. The zero-order valence-electron chi connectivity index (χ0n) is 17.6. The molecule has 0 bridgehead atoms. The van der Waals surface area contributed by atoms with E-state index in [9.17, 15) is 13.2 Å². The summed E-state index contributed by atoms with van der Waals surface area (Å²) in [5, 5.41) is 2.76. The van der Waals surface area contributed by atoms with Crippen molar-refractivity contribution in [1.29, 1.82) is 0 Å². The molecule has 2 aromatic carbocycles. The number of carbonyl (C=O) groups is 1. The molecule has 3 rings (SSSR count). The van der Waals surface area contributed by atoms with Crippen molar-refractivity contribution < 1.29 is 17.9 Å². The van der Waals surface area contributed by atoms with Crippen LogP contribution in [0.1, 0.15) is 24.2 Å². The van der Waals surface area contributed by atoms with Crippen molar-refractivity contribution >= 4 is 27.3 Å². The van der Waals surface area contributed by atoms with Gasteiger partial charge in [-0.2, -0.15) is 4.31 Å². The topological polar surface area (TPSA) is 79.0 Å². The fraction of sp³-hybridized carbons (Fsp3) is 0.409. The van der Waals surface area contributed by atoms with Gasteiger partial charge in [-0.1, -0.05) is 30.3 Å². The van der Waals surface area contributed by atoms with E-state index in [0.29, 0.717) is 18.7 Å². The Labute approximate surface area is 178 Å². The molecule has 7 nitrogen and oxygen atoms in total. The summed E-state index contributed by atoms with van der Waals surface area (Å²) in [5.74, 6) is -0.443. The first-order valence-corrected chi connectivity index (χ1v) is 11.7. The predicted octanol–water partition coefficient (Wildman–Crippen LogP) is 2.62. The molecular weight excluding hydrogens is 402 g/mol. The Hall–Kier alpha value is -2.42. The van der Waals surface area contributed by atoms with E-state index in [1.54, 1.807) is 12.1 Å². The van der Waals surface area contributed by atoms with Crippen molar-refractivity contribution in [1.82, 2.24) is 9.62 Å². The van der Waals surface area contributed by atoms with Gasteiger partial charge in [0.25, 0.3) is 5.91 Å². The van der Waals surface area contributed by atoms with Gasteiger partial charge in [0.2, 0.25) is 10.0 Å². The van der Waals surface area contributed by atoms with Crippen molar-refractivity contribution in [3.05, 3.63) is 60.2 Å². The van der Waals surface area contributed by atoms with E-state index in [-0.39, 0.29) is 30.4 Å². The largest absolute Gasteiger partial charge is 0.373 e. The highest BCUT2D eigenvalue weighted by Gasteiger charge is 2.30. The molecule has 2 aromatic rings. The molecule has 1 N–H and O–H groups in total. The van der Waals surface area contributed by atoms with Gasteiger partial charge in [-0.25, -0.2) is 8.42 Å². The highest BCUT2D eigenvalue weighted by atomic mass is 32.2. The van der Waals surface area contributed by atoms with Crippen molar-refractivity contribution in [2.24, 2.45) is 0 Å². The minimum atomic E-state index is -3.47. The highest BCUT2D eigenvalue weighted by molar-refractivity contribution is 7.89. The molecule has 2 unspecified atom stereocenters. The Morgan fingerprint density at radius 2 is 1.67 bits per heavy atom. The lowest BCUT2D eigenvalue weighted by molar-refractivity contribution is -0.0440. The van der Waals surface area contributed by atoms with Gasteiger partial charge in [0.15, 0.2) is 0 Å². The van der Waals surface area contributed by atoms with Crippen LogP contribution in [0.4, 0.5) is 11.4 Å². The highest BCUT2D eigenvalue weighted by Crippen LogP contribution is 2.26. The minimum absolute atomic E-state index is 0.0463. The molecule has 1 heterocycles. The summed E-state index contributed by atoms with van der Waals surface area (Å²) < 4.78 is 32.4. The zero-order chi connectivity index (χ0) is 21.7. The number of benzene rings is 2. The number of hydrogen-bond acceptors (Lipinski definition) is 5. The summed E-state index contributed by atoms with van der Waals surface area (Å²) >= 11 is 0. The number of carbonyl (C=O) groups excluding carboxylic acids is 1. The number of amides is 1. The maximum absolute atomic E-state index is 12.8. The molecule has 0 saturated carbocycles. The van der Waals surface area contributed by atoms with E-state index >= 15 is 0 Å². The van der Waals surface area contributed by atoms with Gasteiger partial charge in [-0.3, -0.25) is 4.79 Å². The van der Waals surface area contributed by atoms with Gasteiger partial charge in [0.1, 0.15) is 0 Å². The first-order valence-electron chi connectivity index (χ1n) is 10.1. The lowest BCUT2D eigenvalue weighted by Crippen LogP contribution is -2.49. The third kappa shape index (κ3) is 5.38. The molecule has 1 amide bonds. The molecule has 0 aliphatic carbocycles. The smallest absolute Gasteiger partial charge is 0.253 e. The Balaban J connectivity index is 1.64. The van der Waals surface area contributed by atoms with E-state index in [4.69, 9.17) is 4.74 Å². The summed E-state index contributed by atoms with van der Waals surface area (Å²) in [6.07, 6.45) is -0.281. The average molecular weight is 432 g/mol. The number of rotatable bonds is 7. The Morgan fingerprint density at radius 1 is 1.07 bits per heavy atom. The number of sulfonamides is 1. The standard InChI is InChI=1S/C22H29N3O4S/c1-17-15-25(16-18(2)29-17)30(27,28)14-13-23-22(26)20-11-7-8-12-21(20)24(3)19-9-5-4-6-10-19/h4-12,17-18H,13-16H2,1-3H3,(H,23,26). The Bertz CT molecular complexity index is 955. The minimum Gasteiger partial charge on any atom is -0.373 e. The fourth-order valence-electron chi connectivity index (χ4n) is 3.62. The molecule has 2 atom stereocenters. The molecule has 0 radical (unpaired) electrons. The molecule has 0 aromatic heterocycles. The molecule has 1 saturated heterocycles. The summed E-state index contributed by atoms with van der Waals surface area (Å²) in [6, 6.07) is 17.0. The van der Waals surface area contributed by atoms with Crippen LogP contribution in [0.5, 0.6) is 0 Å². The number of nitrogens with one attached hydrogen (secondary N) is 1. The van der Waals surface area contributed by atoms with E-state index in [2.05, 4.69) is 5.32 Å². The first kappa shape index (κ1) is 22.3. The monoisotopic (exact) mass is 431 g/mol. The number of ether oxygens (including phenoxy) is 1. The van der Waals surface area contributed by atoms with Crippen LogP contribution in [-0.2, 0) is 14.8 Å². The molecular formula is C22H29N3O4S. The molecule has 8 heteroatoms. The summed E-state index contributed by atoms with van der Waals surface area (Å²) in [5.41, 5.74) is 2.20. The van der Waals surface area contributed by atoms with Crippen LogP contribution < -0.4 is 10.2 Å². The maximum Gasteiger partial charge on any atom is 0.253 e. The molecule has 1 fully saturated rings. The number of nitrogens with zero attached hydrogens (tertiary/aromatic N) is 2. The molecule has 1 aliphatic rings. The molecule has 0 spiro atoms. The van der Waals surface area contributed by atoms with E-state index < -0.39 is 10.0 Å². The van der Waals surface area contributed by atoms with Crippen molar-refractivity contribution in [3.8, 4) is 0 Å². The van der Waals surface area contributed by atoms with Gasteiger partial charge >= 0.3 is 0 Å². The van der Waals surface area contributed by atoms with Gasteiger partial charge in [-0.15, -0.1) is 0 Å². The second-order valence-electron chi connectivity index (χ2n) is 7.56. The predicted molar refractivity (Wildman–Crippen MR) is 119 cm³/mol. The van der Waals surface area contributed by atoms with Crippen LogP contribution in [0.25, 0.3) is 0 Å². The van der Waals surface area contributed by atoms with E-state index in [1.807, 2.05) is 68.3 Å². The van der Waals surface area contributed by atoms with Gasteiger partial charge in [-0.05, 0) is 38.1 Å². The SMILES string of the molecule is CC1CN(S(=O)(=O)CCNC(=O)c2ccccc2N(C)c2ccccc2)CC(C)O1. The van der Waals surface area contributed by atoms with Crippen LogP contribution in [0.3, 0.4) is 0 Å². The fourth-order valence-corrected chi connectivity index (χ4v) is 5.12. The second kappa shape index (κ2) is 9.59. The number of morpholine rings is 1. The average Bonchev–Trinajstić information content (AvgIpc) is 2.73. The summed E-state index contributed by atoms with van der Waals surface area (Å²) in [6.45, 7) is 4.45. The number of anilines is 2. The van der Waals surface area contributed by atoms with E-state index in [1.165, 1.54) is 4.31 Å². The number of hydrogen-bond donors (Lipinski definition) is 1. The van der Waals surface area contributed by atoms with Crippen LogP contribution >= 0.6 is 0 Å². The van der Waals surface area contributed by atoms with Crippen molar-refractivity contribution in [2.75, 3.05) is 37.3 Å². The molecule has 1 aliphatic heterocycles. The van der Waals surface area contributed by atoms with Crippen LogP contribution in [-0.4, -0.2) is 63.3 Å². The summed E-state index contributed by atoms with van der Waals surface area (Å²) in [7, 11) is -1.57. The molecule has 162 valence electrons. The lowest BCUT2D eigenvalue weighted by Gasteiger charge is -2.34.